The van der Waals surface area contributed by atoms with Crippen molar-refractivity contribution in [2.75, 3.05) is 6.54 Å². The van der Waals surface area contributed by atoms with Crippen LogP contribution in [0.15, 0.2) is 29.0 Å². The molecule has 0 atom stereocenters. The minimum Gasteiger partial charge on any atom is -0.443 e. The lowest BCUT2D eigenvalue weighted by Gasteiger charge is -2.05. The van der Waals surface area contributed by atoms with Gasteiger partial charge in [-0.1, -0.05) is 24.6 Å². The number of aromatic nitrogens is 1. The molecule has 2 aromatic rings. The SMILES string of the molecule is CCNCc1ncoc1-c1cc(Cl)ccc1C. The second-order valence-corrected chi connectivity index (χ2v) is 4.30. The summed E-state index contributed by atoms with van der Waals surface area (Å²) in [5, 5.41) is 3.94. The van der Waals surface area contributed by atoms with Crippen molar-refractivity contribution < 1.29 is 4.42 Å². The lowest BCUT2D eigenvalue weighted by atomic mass is 10.1. The number of hydrogen-bond acceptors (Lipinski definition) is 3. The molecule has 0 aliphatic rings. The van der Waals surface area contributed by atoms with Crippen LogP contribution >= 0.6 is 11.6 Å². The summed E-state index contributed by atoms with van der Waals surface area (Å²) in [6.45, 7) is 5.70. The lowest BCUT2D eigenvalue weighted by Crippen LogP contribution is -2.12. The third kappa shape index (κ3) is 2.68. The van der Waals surface area contributed by atoms with E-state index in [-0.39, 0.29) is 0 Å². The second-order valence-electron chi connectivity index (χ2n) is 3.87. The van der Waals surface area contributed by atoms with Crippen molar-refractivity contribution in [3.8, 4) is 11.3 Å². The fourth-order valence-electron chi connectivity index (χ4n) is 1.70. The van der Waals surface area contributed by atoms with E-state index in [0.29, 0.717) is 11.6 Å². The van der Waals surface area contributed by atoms with Crippen LogP contribution in [0.3, 0.4) is 0 Å². The molecule has 0 aliphatic heterocycles. The highest BCUT2D eigenvalue weighted by Crippen LogP contribution is 2.28. The molecule has 0 spiro atoms. The summed E-state index contributed by atoms with van der Waals surface area (Å²) < 4.78 is 5.47. The van der Waals surface area contributed by atoms with Crippen LogP contribution < -0.4 is 5.32 Å². The molecule has 0 saturated heterocycles. The summed E-state index contributed by atoms with van der Waals surface area (Å²) >= 11 is 6.01. The number of oxazole rings is 1. The minimum atomic E-state index is 0.703. The highest BCUT2D eigenvalue weighted by Gasteiger charge is 2.12. The smallest absolute Gasteiger partial charge is 0.181 e. The molecule has 1 aromatic carbocycles. The quantitative estimate of drug-likeness (QED) is 0.904. The van der Waals surface area contributed by atoms with Gasteiger partial charge in [0.2, 0.25) is 0 Å². The lowest BCUT2D eigenvalue weighted by molar-refractivity contribution is 0.569. The van der Waals surface area contributed by atoms with Crippen LogP contribution in [0.4, 0.5) is 0 Å². The number of aryl methyl sites for hydroxylation is 1. The summed E-state index contributed by atoms with van der Waals surface area (Å²) in [5.41, 5.74) is 3.05. The fourth-order valence-corrected chi connectivity index (χ4v) is 1.87. The summed E-state index contributed by atoms with van der Waals surface area (Å²) in [5.74, 6) is 0.797. The fraction of sp³-hybridized carbons (Fsp3) is 0.308. The Balaban J connectivity index is 2.38. The van der Waals surface area contributed by atoms with E-state index in [1.54, 1.807) is 0 Å². The van der Waals surface area contributed by atoms with Gasteiger partial charge in [-0.05, 0) is 31.2 Å². The number of nitrogens with one attached hydrogen (secondary N) is 1. The molecule has 1 aromatic heterocycles. The van der Waals surface area contributed by atoms with E-state index >= 15 is 0 Å². The number of rotatable bonds is 4. The Hall–Kier alpha value is -1.32. The molecule has 90 valence electrons. The van der Waals surface area contributed by atoms with Crippen molar-refractivity contribution >= 4 is 11.6 Å². The molecular formula is C13H15ClN2O. The molecule has 0 fully saturated rings. The van der Waals surface area contributed by atoms with Crippen molar-refractivity contribution in [2.45, 2.75) is 20.4 Å². The van der Waals surface area contributed by atoms with Gasteiger partial charge in [0.25, 0.3) is 0 Å². The van der Waals surface area contributed by atoms with E-state index in [0.717, 1.165) is 29.1 Å². The Bertz CT molecular complexity index is 508. The van der Waals surface area contributed by atoms with Crippen molar-refractivity contribution in [1.82, 2.24) is 10.3 Å². The number of nitrogens with zero attached hydrogens (tertiary/aromatic N) is 1. The Morgan fingerprint density at radius 1 is 1.41 bits per heavy atom. The Labute approximate surface area is 106 Å². The first-order valence-corrected chi connectivity index (χ1v) is 5.99. The molecule has 0 aliphatic carbocycles. The van der Waals surface area contributed by atoms with Crippen molar-refractivity contribution in [3.63, 3.8) is 0 Å². The van der Waals surface area contributed by atoms with Crippen LogP contribution in [-0.4, -0.2) is 11.5 Å². The topological polar surface area (TPSA) is 38.1 Å². The van der Waals surface area contributed by atoms with E-state index in [1.807, 2.05) is 25.1 Å². The van der Waals surface area contributed by atoms with Crippen LogP contribution in [0, 0.1) is 6.92 Å². The van der Waals surface area contributed by atoms with Gasteiger partial charge in [0.05, 0.1) is 0 Å². The van der Waals surface area contributed by atoms with Crippen LogP contribution in [0.25, 0.3) is 11.3 Å². The maximum Gasteiger partial charge on any atom is 0.181 e. The van der Waals surface area contributed by atoms with Gasteiger partial charge in [0, 0.05) is 17.1 Å². The Morgan fingerprint density at radius 3 is 3.00 bits per heavy atom. The average molecular weight is 251 g/mol. The molecular weight excluding hydrogens is 236 g/mol. The standard InChI is InChI=1S/C13H15ClN2O/c1-3-15-7-12-13(17-8-16-12)11-6-10(14)5-4-9(11)2/h4-6,8,15H,3,7H2,1-2H3. The second kappa shape index (κ2) is 5.34. The van der Waals surface area contributed by atoms with Gasteiger partial charge in [-0.3, -0.25) is 0 Å². The van der Waals surface area contributed by atoms with E-state index < -0.39 is 0 Å². The van der Waals surface area contributed by atoms with Gasteiger partial charge < -0.3 is 9.73 Å². The highest BCUT2D eigenvalue weighted by atomic mass is 35.5. The Kier molecular flexibility index (Phi) is 3.82. The molecule has 1 N–H and O–H groups in total. The maximum absolute atomic E-state index is 6.01. The summed E-state index contributed by atoms with van der Waals surface area (Å²) in [6, 6.07) is 5.77. The van der Waals surface area contributed by atoms with E-state index in [9.17, 15) is 0 Å². The van der Waals surface area contributed by atoms with E-state index in [2.05, 4.69) is 17.2 Å². The first-order valence-electron chi connectivity index (χ1n) is 5.62. The van der Waals surface area contributed by atoms with Crippen LogP contribution in [0.1, 0.15) is 18.2 Å². The monoisotopic (exact) mass is 250 g/mol. The molecule has 1 heterocycles. The van der Waals surface area contributed by atoms with E-state index in [4.69, 9.17) is 16.0 Å². The zero-order valence-corrected chi connectivity index (χ0v) is 10.7. The molecule has 17 heavy (non-hydrogen) atoms. The molecule has 0 radical (unpaired) electrons. The van der Waals surface area contributed by atoms with Gasteiger partial charge >= 0.3 is 0 Å². The highest BCUT2D eigenvalue weighted by molar-refractivity contribution is 6.30. The van der Waals surface area contributed by atoms with Gasteiger partial charge in [-0.25, -0.2) is 4.98 Å². The van der Waals surface area contributed by atoms with Crippen LogP contribution in [0.2, 0.25) is 5.02 Å². The zero-order valence-electron chi connectivity index (χ0n) is 9.96. The summed E-state index contributed by atoms with van der Waals surface area (Å²) in [4.78, 5) is 4.23. The predicted molar refractivity (Wildman–Crippen MR) is 69.1 cm³/mol. The predicted octanol–water partition coefficient (Wildman–Crippen LogP) is 3.41. The molecule has 0 amide bonds. The van der Waals surface area contributed by atoms with Gasteiger partial charge in [-0.15, -0.1) is 0 Å². The van der Waals surface area contributed by atoms with Crippen LogP contribution in [-0.2, 0) is 6.54 Å². The third-order valence-corrected chi connectivity index (χ3v) is 2.86. The maximum atomic E-state index is 6.01. The Morgan fingerprint density at radius 2 is 2.24 bits per heavy atom. The number of halogens is 1. The molecule has 3 nitrogen and oxygen atoms in total. The summed E-state index contributed by atoms with van der Waals surface area (Å²) in [7, 11) is 0. The molecule has 2 rings (SSSR count). The van der Waals surface area contributed by atoms with Gasteiger partial charge in [0.15, 0.2) is 12.2 Å². The number of benzene rings is 1. The normalized spacial score (nSPS) is 10.8. The third-order valence-electron chi connectivity index (χ3n) is 2.63. The van der Waals surface area contributed by atoms with Crippen LogP contribution in [0.5, 0.6) is 0 Å². The first-order chi connectivity index (χ1) is 8.22. The first kappa shape index (κ1) is 12.1. The minimum absolute atomic E-state index is 0.703. The molecule has 0 saturated carbocycles. The van der Waals surface area contributed by atoms with E-state index in [1.165, 1.54) is 6.39 Å². The molecule has 0 bridgehead atoms. The van der Waals surface area contributed by atoms with Gasteiger partial charge in [0.1, 0.15) is 5.69 Å². The molecule has 4 heteroatoms. The van der Waals surface area contributed by atoms with Crippen molar-refractivity contribution in [2.24, 2.45) is 0 Å². The summed E-state index contributed by atoms with van der Waals surface area (Å²) in [6.07, 6.45) is 1.47. The largest absolute Gasteiger partial charge is 0.443 e. The van der Waals surface area contributed by atoms with Crippen molar-refractivity contribution in [1.29, 1.82) is 0 Å². The average Bonchev–Trinajstić information content (AvgIpc) is 2.77. The number of hydrogen-bond donors (Lipinski definition) is 1. The molecule has 0 unspecified atom stereocenters. The van der Waals surface area contributed by atoms with Gasteiger partial charge in [-0.2, -0.15) is 0 Å². The zero-order chi connectivity index (χ0) is 12.3. The van der Waals surface area contributed by atoms with Crippen molar-refractivity contribution in [3.05, 3.63) is 40.9 Å².